The van der Waals surface area contributed by atoms with E-state index in [9.17, 15) is 18.3 Å². The van der Waals surface area contributed by atoms with Gasteiger partial charge in [0.05, 0.1) is 17.6 Å². The third-order valence-electron chi connectivity index (χ3n) is 4.66. The largest absolute Gasteiger partial charge is 0.507 e. The molecule has 1 aliphatic carbocycles. The molecule has 6 heteroatoms. The maximum absolute atomic E-state index is 12.8. The van der Waals surface area contributed by atoms with E-state index in [1.165, 1.54) is 12.1 Å². The number of aromatic nitrogens is 1. The summed E-state index contributed by atoms with van der Waals surface area (Å²) in [7, 11) is 0. The molecular formula is C19H13F3N2O. The van der Waals surface area contributed by atoms with E-state index in [4.69, 9.17) is 5.26 Å². The predicted molar refractivity (Wildman–Crippen MR) is 86.9 cm³/mol. The van der Waals surface area contributed by atoms with Crippen molar-refractivity contribution in [3.63, 3.8) is 0 Å². The van der Waals surface area contributed by atoms with E-state index in [0.717, 1.165) is 17.8 Å². The Labute approximate surface area is 141 Å². The number of nitrogens with zero attached hydrogens (tertiary/aromatic N) is 1. The number of benzene rings is 2. The van der Waals surface area contributed by atoms with Crippen molar-refractivity contribution < 1.29 is 18.3 Å². The molecule has 25 heavy (non-hydrogen) atoms. The molecule has 1 heterocycles. The molecule has 1 aromatic heterocycles. The lowest BCUT2D eigenvalue weighted by molar-refractivity contribution is -0.137. The highest BCUT2D eigenvalue weighted by molar-refractivity contribution is 6.01. The van der Waals surface area contributed by atoms with Crippen molar-refractivity contribution in [3.05, 3.63) is 53.7 Å². The Balaban J connectivity index is 1.91. The number of nitriles is 1. The predicted octanol–water partition coefficient (Wildman–Crippen LogP) is 5.19. The molecule has 2 aromatic carbocycles. The van der Waals surface area contributed by atoms with E-state index < -0.39 is 11.7 Å². The van der Waals surface area contributed by atoms with Crippen molar-refractivity contribution in [2.45, 2.75) is 18.5 Å². The minimum atomic E-state index is -4.40. The maximum Gasteiger partial charge on any atom is 0.416 e. The molecule has 0 amide bonds. The van der Waals surface area contributed by atoms with Crippen molar-refractivity contribution in [1.29, 1.82) is 5.26 Å². The van der Waals surface area contributed by atoms with Crippen LogP contribution in [-0.4, -0.2) is 10.1 Å². The molecule has 0 spiro atoms. The molecule has 3 nitrogen and oxygen atoms in total. The highest BCUT2D eigenvalue weighted by Gasteiger charge is 2.42. The van der Waals surface area contributed by atoms with Crippen molar-refractivity contribution in [2.75, 3.05) is 0 Å². The smallest absolute Gasteiger partial charge is 0.416 e. The molecule has 2 N–H and O–H groups in total. The number of fused-ring (bicyclic) bond motifs is 1. The Morgan fingerprint density at radius 2 is 1.84 bits per heavy atom. The quantitative estimate of drug-likeness (QED) is 0.673. The molecule has 126 valence electrons. The van der Waals surface area contributed by atoms with Crippen molar-refractivity contribution in [1.82, 2.24) is 4.98 Å². The molecule has 2 atom stereocenters. The third kappa shape index (κ3) is 2.52. The van der Waals surface area contributed by atoms with E-state index in [-0.39, 0.29) is 17.6 Å². The number of phenolic OH excluding ortho intramolecular Hbond substituents is 1. The molecule has 1 aliphatic rings. The van der Waals surface area contributed by atoms with E-state index in [1.807, 2.05) is 0 Å². The molecule has 0 saturated heterocycles. The number of aromatic amines is 1. The van der Waals surface area contributed by atoms with Crippen molar-refractivity contribution in [3.8, 4) is 22.9 Å². The summed E-state index contributed by atoms with van der Waals surface area (Å²) in [4.78, 5) is 3.24. The van der Waals surface area contributed by atoms with E-state index in [2.05, 4.69) is 11.1 Å². The van der Waals surface area contributed by atoms with Crippen LogP contribution in [0.2, 0.25) is 0 Å². The summed E-state index contributed by atoms with van der Waals surface area (Å²) in [5.74, 6) is -0.0402. The molecule has 1 fully saturated rings. The Kier molecular flexibility index (Phi) is 3.29. The van der Waals surface area contributed by atoms with Crippen LogP contribution in [0, 0.1) is 17.2 Å². The number of halogens is 3. The standard InChI is InChI=1S/C19H13F3N2O/c20-19(21,22)12-6-4-10(5-7-12)16-17-14(2-1-3-15(17)25)24-18(16)13-8-11(13)9-23/h1-7,11,13,24-25H,8H2. The van der Waals surface area contributed by atoms with Crippen LogP contribution in [-0.2, 0) is 6.18 Å². The third-order valence-corrected chi connectivity index (χ3v) is 4.66. The van der Waals surface area contributed by atoms with Crippen molar-refractivity contribution in [2.24, 2.45) is 5.92 Å². The van der Waals surface area contributed by atoms with E-state index in [1.54, 1.807) is 18.2 Å². The van der Waals surface area contributed by atoms with Gasteiger partial charge in [0.2, 0.25) is 0 Å². The fraction of sp³-hybridized carbons (Fsp3) is 0.211. The van der Waals surface area contributed by atoms with Gasteiger partial charge < -0.3 is 10.1 Å². The molecule has 0 radical (unpaired) electrons. The van der Waals surface area contributed by atoms with E-state index >= 15 is 0 Å². The zero-order valence-electron chi connectivity index (χ0n) is 12.9. The minimum Gasteiger partial charge on any atom is -0.507 e. The Bertz CT molecular complexity index is 996. The van der Waals surface area contributed by atoms with Gasteiger partial charge in [-0.25, -0.2) is 0 Å². The van der Waals surface area contributed by atoms with Gasteiger partial charge in [0, 0.05) is 28.1 Å². The summed E-state index contributed by atoms with van der Waals surface area (Å²) < 4.78 is 38.4. The van der Waals surface area contributed by atoms with Gasteiger partial charge in [-0.1, -0.05) is 18.2 Å². The molecular weight excluding hydrogens is 329 g/mol. The van der Waals surface area contributed by atoms with Gasteiger partial charge in [-0.15, -0.1) is 0 Å². The minimum absolute atomic E-state index is 0.00842. The Morgan fingerprint density at radius 1 is 1.12 bits per heavy atom. The summed E-state index contributed by atoms with van der Waals surface area (Å²) in [5, 5.41) is 20.0. The average molecular weight is 342 g/mol. The first-order chi connectivity index (χ1) is 11.9. The van der Waals surface area contributed by atoms with Crippen LogP contribution in [0.1, 0.15) is 23.6 Å². The molecule has 4 rings (SSSR count). The normalized spacial score (nSPS) is 19.8. The SMILES string of the molecule is N#CC1CC1c1[nH]c2cccc(O)c2c1-c1ccc(C(F)(F)F)cc1. The number of alkyl halides is 3. The van der Waals surface area contributed by atoms with Gasteiger partial charge in [0.25, 0.3) is 0 Å². The first-order valence-electron chi connectivity index (χ1n) is 7.81. The van der Waals surface area contributed by atoms with Crippen LogP contribution in [0.25, 0.3) is 22.0 Å². The van der Waals surface area contributed by atoms with Crippen LogP contribution in [0.3, 0.4) is 0 Å². The van der Waals surface area contributed by atoms with Gasteiger partial charge in [0.15, 0.2) is 0 Å². The van der Waals surface area contributed by atoms with Crippen LogP contribution in [0.4, 0.5) is 13.2 Å². The average Bonchev–Trinajstić information content (AvgIpc) is 3.26. The van der Waals surface area contributed by atoms with Crippen LogP contribution >= 0.6 is 0 Å². The summed E-state index contributed by atoms with van der Waals surface area (Å²) in [6.07, 6.45) is -3.69. The topological polar surface area (TPSA) is 59.8 Å². The van der Waals surface area contributed by atoms with Crippen LogP contribution in [0.15, 0.2) is 42.5 Å². The van der Waals surface area contributed by atoms with Gasteiger partial charge in [-0.3, -0.25) is 0 Å². The maximum atomic E-state index is 12.8. The first kappa shape index (κ1) is 15.6. The molecule has 3 aromatic rings. The lowest BCUT2D eigenvalue weighted by Gasteiger charge is -2.09. The number of hydrogen-bond donors (Lipinski definition) is 2. The number of rotatable bonds is 2. The summed E-state index contributed by atoms with van der Waals surface area (Å²) >= 11 is 0. The summed E-state index contributed by atoms with van der Waals surface area (Å²) in [6.45, 7) is 0. The number of nitrogens with one attached hydrogen (secondary N) is 1. The summed E-state index contributed by atoms with van der Waals surface area (Å²) in [6, 6.07) is 12.2. The van der Waals surface area contributed by atoms with Gasteiger partial charge in [0.1, 0.15) is 5.75 Å². The van der Waals surface area contributed by atoms with Crippen LogP contribution < -0.4 is 0 Å². The number of H-pyrrole nitrogens is 1. The highest BCUT2D eigenvalue weighted by Crippen LogP contribution is 2.52. The van der Waals surface area contributed by atoms with Gasteiger partial charge in [-0.2, -0.15) is 18.4 Å². The van der Waals surface area contributed by atoms with Crippen LogP contribution in [0.5, 0.6) is 5.75 Å². The fourth-order valence-corrected chi connectivity index (χ4v) is 3.31. The summed E-state index contributed by atoms with van der Waals surface area (Å²) in [5.41, 5.74) is 2.03. The first-order valence-corrected chi connectivity index (χ1v) is 7.81. The Hall–Kier alpha value is -2.94. The molecule has 0 aliphatic heterocycles. The van der Waals surface area contributed by atoms with E-state index in [0.29, 0.717) is 28.5 Å². The second-order valence-electron chi connectivity index (χ2n) is 6.27. The number of phenols is 1. The fourth-order valence-electron chi connectivity index (χ4n) is 3.31. The second-order valence-corrected chi connectivity index (χ2v) is 6.27. The van der Waals surface area contributed by atoms with Gasteiger partial charge >= 0.3 is 6.18 Å². The second kappa shape index (κ2) is 5.28. The number of hydrogen-bond acceptors (Lipinski definition) is 2. The van der Waals surface area contributed by atoms with Gasteiger partial charge in [-0.05, 0) is 36.2 Å². The lowest BCUT2D eigenvalue weighted by Crippen LogP contribution is -2.04. The monoisotopic (exact) mass is 342 g/mol. The van der Waals surface area contributed by atoms with Crippen molar-refractivity contribution >= 4 is 10.9 Å². The highest BCUT2D eigenvalue weighted by atomic mass is 19.4. The molecule has 1 saturated carbocycles. The zero-order chi connectivity index (χ0) is 17.8. The molecule has 0 bridgehead atoms. The molecule has 2 unspecified atom stereocenters. The lowest BCUT2D eigenvalue weighted by atomic mass is 9.98. The number of aromatic hydroxyl groups is 1. The Morgan fingerprint density at radius 3 is 2.44 bits per heavy atom. The zero-order valence-corrected chi connectivity index (χ0v) is 12.9.